The van der Waals surface area contributed by atoms with E-state index in [1.807, 2.05) is 0 Å². The van der Waals surface area contributed by atoms with Crippen molar-refractivity contribution in [3.8, 4) is 0 Å². The van der Waals surface area contributed by atoms with E-state index in [2.05, 4.69) is 10.6 Å². The number of carbonyl (C=O) groups excluding carboxylic acids is 3. The number of rotatable bonds is 4. The van der Waals surface area contributed by atoms with E-state index < -0.39 is 24.5 Å². The Morgan fingerprint density at radius 2 is 2.04 bits per heavy atom. The van der Waals surface area contributed by atoms with Crippen LogP contribution in [0.25, 0.3) is 11.0 Å². The molecular weight excluding hydrogens is 324 g/mol. The fourth-order valence-corrected chi connectivity index (χ4v) is 2.11. The number of urea groups is 1. The summed E-state index contributed by atoms with van der Waals surface area (Å²) in [5, 5.41) is 5.83. The zero-order valence-corrected chi connectivity index (χ0v) is 12.7. The molecule has 2 aromatic rings. The number of nitrogens with one attached hydrogen (secondary N) is 2. The molecule has 120 valence electrons. The molecule has 8 heteroatoms. The number of amides is 3. The molecule has 0 atom stereocenters. The van der Waals surface area contributed by atoms with Gasteiger partial charge in [-0.1, -0.05) is 11.6 Å². The number of carbonyl (C=O) groups is 3. The fourth-order valence-electron chi connectivity index (χ4n) is 1.93. The minimum absolute atomic E-state index is 0.0440. The van der Waals surface area contributed by atoms with E-state index in [9.17, 15) is 14.4 Å². The first-order chi connectivity index (χ1) is 11.0. The maximum absolute atomic E-state index is 11.8. The summed E-state index contributed by atoms with van der Waals surface area (Å²) in [4.78, 5) is 34.7. The molecule has 3 amide bonds. The predicted octanol–water partition coefficient (Wildman–Crippen LogP) is 2.23. The summed E-state index contributed by atoms with van der Waals surface area (Å²) < 4.78 is 10.1. The Hall–Kier alpha value is -2.54. The minimum Gasteiger partial charge on any atom is -0.450 e. The zero-order chi connectivity index (χ0) is 16.4. The highest BCUT2D eigenvalue weighted by Crippen LogP contribution is 2.23. The van der Waals surface area contributed by atoms with E-state index in [0.717, 1.165) is 12.8 Å². The van der Waals surface area contributed by atoms with E-state index in [1.54, 1.807) is 18.2 Å². The van der Waals surface area contributed by atoms with Crippen molar-refractivity contribution in [1.29, 1.82) is 0 Å². The molecule has 23 heavy (non-hydrogen) atoms. The Bertz CT molecular complexity index is 781. The van der Waals surface area contributed by atoms with Gasteiger partial charge in [-0.3, -0.25) is 10.1 Å². The molecule has 1 aromatic heterocycles. The summed E-state index contributed by atoms with van der Waals surface area (Å²) in [6, 6.07) is 5.92. The topological polar surface area (TPSA) is 97.6 Å². The number of fused-ring (bicyclic) bond motifs is 1. The highest BCUT2D eigenvalue weighted by Gasteiger charge is 2.24. The monoisotopic (exact) mass is 336 g/mol. The van der Waals surface area contributed by atoms with Crippen LogP contribution in [0.4, 0.5) is 4.79 Å². The van der Waals surface area contributed by atoms with Crippen LogP contribution in [0.5, 0.6) is 0 Å². The molecule has 0 bridgehead atoms. The van der Waals surface area contributed by atoms with Crippen LogP contribution < -0.4 is 10.6 Å². The van der Waals surface area contributed by atoms with Crippen molar-refractivity contribution in [2.45, 2.75) is 18.9 Å². The van der Waals surface area contributed by atoms with Crippen LogP contribution in [-0.2, 0) is 9.53 Å². The highest BCUT2D eigenvalue weighted by molar-refractivity contribution is 6.31. The van der Waals surface area contributed by atoms with E-state index in [1.165, 1.54) is 6.07 Å². The van der Waals surface area contributed by atoms with Crippen LogP contribution in [-0.4, -0.2) is 30.6 Å². The van der Waals surface area contributed by atoms with Gasteiger partial charge in [-0.25, -0.2) is 9.59 Å². The summed E-state index contributed by atoms with van der Waals surface area (Å²) in [5.74, 6) is -1.55. The third-order valence-electron chi connectivity index (χ3n) is 3.18. The summed E-state index contributed by atoms with van der Waals surface area (Å²) >= 11 is 5.85. The number of benzene rings is 1. The molecule has 1 fully saturated rings. The average molecular weight is 337 g/mol. The van der Waals surface area contributed by atoms with Gasteiger partial charge in [0.1, 0.15) is 5.58 Å². The van der Waals surface area contributed by atoms with Gasteiger partial charge < -0.3 is 14.5 Å². The molecule has 1 aromatic carbocycles. The van der Waals surface area contributed by atoms with Crippen LogP contribution in [0, 0.1) is 0 Å². The smallest absolute Gasteiger partial charge is 0.374 e. The van der Waals surface area contributed by atoms with Gasteiger partial charge in [-0.2, -0.15) is 0 Å². The molecule has 0 saturated heterocycles. The van der Waals surface area contributed by atoms with Crippen LogP contribution in [0.2, 0.25) is 5.02 Å². The van der Waals surface area contributed by atoms with Crippen LogP contribution in [0.3, 0.4) is 0 Å². The number of imide groups is 1. The number of halogens is 1. The van der Waals surface area contributed by atoms with Crippen LogP contribution >= 0.6 is 11.6 Å². The summed E-state index contributed by atoms with van der Waals surface area (Å²) in [5.41, 5.74) is 0.481. The van der Waals surface area contributed by atoms with E-state index in [4.69, 9.17) is 20.8 Å². The number of hydrogen-bond acceptors (Lipinski definition) is 5. The molecule has 1 heterocycles. The van der Waals surface area contributed by atoms with Gasteiger partial charge in [-0.05, 0) is 37.1 Å². The Balaban J connectivity index is 1.53. The van der Waals surface area contributed by atoms with Crippen molar-refractivity contribution < 1.29 is 23.5 Å². The Kier molecular flexibility index (Phi) is 4.20. The van der Waals surface area contributed by atoms with Crippen molar-refractivity contribution in [2.75, 3.05) is 6.61 Å². The number of hydrogen-bond donors (Lipinski definition) is 2. The molecule has 1 saturated carbocycles. The number of furan rings is 1. The normalized spacial score (nSPS) is 13.6. The third-order valence-corrected chi connectivity index (χ3v) is 3.41. The Labute approximate surface area is 135 Å². The van der Waals surface area contributed by atoms with Gasteiger partial charge in [-0.15, -0.1) is 0 Å². The second kappa shape index (κ2) is 6.29. The van der Waals surface area contributed by atoms with Crippen molar-refractivity contribution in [2.24, 2.45) is 0 Å². The molecular formula is C15H13ClN2O5. The van der Waals surface area contributed by atoms with Crippen molar-refractivity contribution >= 4 is 40.5 Å². The van der Waals surface area contributed by atoms with Crippen LogP contribution in [0.15, 0.2) is 28.7 Å². The van der Waals surface area contributed by atoms with Gasteiger partial charge in [0.05, 0.1) is 0 Å². The van der Waals surface area contributed by atoms with Gasteiger partial charge in [0.15, 0.2) is 6.61 Å². The molecule has 0 aliphatic heterocycles. The van der Waals surface area contributed by atoms with Crippen molar-refractivity contribution in [3.05, 3.63) is 35.0 Å². The van der Waals surface area contributed by atoms with Crippen molar-refractivity contribution in [1.82, 2.24) is 10.6 Å². The lowest BCUT2D eigenvalue weighted by Crippen LogP contribution is -2.42. The first kappa shape index (κ1) is 15.4. The SMILES string of the molecule is O=C(COC(=O)c1cc2cc(Cl)ccc2o1)NC(=O)NC1CC1. The number of esters is 1. The van der Waals surface area contributed by atoms with Gasteiger partial charge >= 0.3 is 12.0 Å². The van der Waals surface area contributed by atoms with E-state index in [0.29, 0.717) is 16.0 Å². The van der Waals surface area contributed by atoms with Crippen LogP contribution in [0.1, 0.15) is 23.4 Å². The highest BCUT2D eigenvalue weighted by atomic mass is 35.5. The first-order valence-corrected chi connectivity index (χ1v) is 7.35. The molecule has 2 N–H and O–H groups in total. The Morgan fingerprint density at radius 3 is 2.78 bits per heavy atom. The minimum atomic E-state index is -0.796. The first-order valence-electron chi connectivity index (χ1n) is 6.98. The second-order valence-electron chi connectivity index (χ2n) is 5.16. The van der Waals surface area contributed by atoms with E-state index in [-0.39, 0.29) is 11.8 Å². The number of ether oxygens (including phenoxy) is 1. The average Bonchev–Trinajstić information content (AvgIpc) is 3.20. The maximum atomic E-state index is 11.8. The Morgan fingerprint density at radius 1 is 1.26 bits per heavy atom. The maximum Gasteiger partial charge on any atom is 0.374 e. The van der Waals surface area contributed by atoms with Gasteiger partial charge in [0.25, 0.3) is 5.91 Å². The van der Waals surface area contributed by atoms with E-state index >= 15 is 0 Å². The second-order valence-corrected chi connectivity index (χ2v) is 5.60. The predicted molar refractivity (Wildman–Crippen MR) is 81.2 cm³/mol. The largest absolute Gasteiger partial charge is 0.450 e. The fraction of sp³-hybridized carbons (Fsp3) is 0.267. The quantitative estimate of drug-likeness (QED) is 0.834. The lowest BCUT2D eigenvalue weighted by atomic mass is 10.2. The summed E-state index contributed by atoms with van der Waals surface area (Å²) in [6.45, 7) is -0.575. The van der Waals surface area contributed by atoms with Gasteiger partial charge in [0.2, 0.25) is 5.76 Å². The third kappa shape index (κ3) is 4.01. The lowest BCUT2D eigenvalue weighted by Gasteiger charge is -2.05. The van der Waals surface area contributed by atoms with Gasteiger partial charge in [0, 0.05) is 16.5 Å². The van der Waals surface area contributed by atoms with Crippen molar-refractivity contribution in [3.63, 3.8) is 0 Å². The zero-order valence-electron chi connectivity index (χ0n) is 11.9. The standard InChI is InChI=1S/C15H13ClN2O5/c16-9-1-4-11-8(5-9)6-12(23-11)14(20)22-7-13(19)18-15(21)17-10-2-3-10/h1,4-6,10H,2-3,7H2,(H2,17,18,19,21). The molecule has 0 unspecified atom stereocenters. The lowest BCUT2D eigenvalue weighted by molar-refractivity contribution is -0.123. The molecule has 0 radical (unpaired) electrons. The summed E-state index contributed by atoms with van der Waals surface area (Å²) in [6.07, 6.45) is 1.82. The molecule has 1 aliphatic rings. The molecule has 0 spiro atoms. The molecule has 3 rings (SSSR count). The molecule has 7 nitrogen and oxygen atoms in total. The molecule has 1 aliphatic carbocycles. The summed E-state index contributed by atoms with van der Waals surface area (Å²) in [7, 11) is 0.